The Morgan fingerprint density at radius 1 is 1.14 bits per heavy atom. The molecule has 3 rings (SSSR count). The van der Waals surface area contributed by atoms with E-state index in [0.29, 0.717) is 0 Å². The molecule has 0 bridgehead atoms. The first-order valence-electron chi connectivity index (χ1n) is 10.9. The van der Waals surface area contributed by atoms with E-state index in [-0.39, 0.29) is 11.0 Å². The summed E-state index contributed by atoms with van der Waals surface area (Å²) in [7, 11) is 4.14. The Labute approximate surface area is 175 Å². The second kappa shape index (κ2) is 9.59. The predicted molar refractivity (Wildman–Crippen MR) is 122 cm³/mol. The minimum absolute atomic E-state index is 0.101. The zero-order chi connectivity index (χ0) is 20.0. The number of likely N-dealkylation sites (tertiary alicyclic amines) is 2. The van der Waals surface area contributed by atoms with Gasteiger partial charge in [-0.05, 0) is 70.4 Å². The smallest absolute Gasteiger partial charge is 0.191 e. The van der Waals surface area contributed by atoms with Gasteiger partial charge in [-0.25, -0.2) is 0 Å². The molecule has 28 heavy (non-hydrogen) atoms. The molecule has 0 atom stereocenters. The van der Waals surface area contributed by atoms with E-state index in [1.54, 1.807) is 0 Å². The van der Waals surface area contributed by atoms with Gasteiger partial charge in [-0.3, -0.25) is 9.89 Å². The largest absolute Gasteiger partial charge is 0.356 e. The zero-order valence-electron chi connectivity index (χ0n) is 18.3. The molecule has 0 radical (unpaired) electrons. The van der Waals surface area contributed by atoms with Gasteiger partial charge < -0.3 is 15.5 Å². The van der Waals surface area contributed by atoms with E-state index in [9.17, 15) is 0 Å². The Hall–Kier alpha value is -1.11. The number of nitrogens with zero attached hydrogens (tertiary/aromatic N) is 3. The first kappa shape index (κ1) is 21.6. The van der Waals surface area contributed by atoms with E-state index in [1.807, 2.05) is 18.4 Å². The molecule has 2 aliphatic rings. The van der Waals surface area contributed by atoms with Gasteiger partial charge in [0.25, 0.3) is 0 Å². The quantitative estimate of drug-likeness (QED) is 0.564. The summed E-state index contributed by atoms with van der Waals surface area (Å²) < 4.78 is 0. The molecule has 0 aromatic carbocycles. The Balaban J connectivity index is 1.59. The van der Waals surface area contributed by atoms with E-state index in [0.717, 1.165) is 19.0 Å². The van der Waals surface area contributed by atoms with Crippen molar-refractivity contribution in [2.24, 2.45) is 4.99 Å². The van der Waals surface area contributed by atoms with E-state index in [4.69, 9.17) is 0 Å². The molecular weight excluding hydrogens is 366 g/mol. The maximum atomic E-state index is 4.52. The van der Waals surface area contributed by atoms with E-state index in [2.05, 4.69) is 63.8 Å². The van der Waals surface area contributed by atoms with Crippen LogP contribution in [-0.4, -0.2) is 74.7 Å². The Bertz CT molecular complexity index is 611. The van der Waals surface area contributed by atoms with Crippen molar-refractivity contribution in [2.75, 3.05) is 53.4 Å². The molecule has 0 unspecified atom stereocenters. The zero-order valence-corrected chi connectivity index (χ0v) is 19.1. The molecule has 3 heterocycles. The third kappa shape index (κ3) is 5.28. The van der Waals surface area contributed by atoms with Crippen molar-refractivity contribution in [3.63, 3.8) is 0 Å². The highest BCUT2D eigenvalue weighted by Gasteiger charge is 2.39. The predicted octanol–water partition coefficient (Wildman–Crippen LogP) is 3.14. The third-order valence-corrected chi connectivity index (χ3v) is 7.87. The number of rotatable bonds is 6. The number of hydrogen-bond donors (Lipinski definition) is 2. The molecule has 0 aliphatic carbocycles. The van der Waals surface area contributed by atoms with Gasteiger partial charge in [0.1, 0.15) is 0 Å². The SMILES string of the molecule is CN=C(NCC(C)(C)c1cccs1)NCC1(N2CCCCC2)CCN(C)CC1. The standard InChI is InChI=1S/C22H39N5S/c1-21(2,19-9-8-16-28-19)17-24-20(23-3)25-18-22(10-14-26(4)15-11-22)27-12-6-5-7-13-27/h8-9,16H,5-7,10-15,17-18H2,1-4H3,(H2,23,24,25). The van der Waals surface area contributed by atoms with Crippen LogP contribution < -0.4 is 10.6 Å². The summed E-state index contributed by atoms with van der Waals surface area (Å²) in [5.74, 6) is 0.931. The highest BCUT2D eigenvalue weighted by molar-refractivity contribution is 7.10. The summed E-state index contributed by atoms with van der Waals surface area (Å²) in [4.78, 5) is 11.2. The minimum atomic E-state index is 0.101. The lowest BCUT2D eigenvalue weighted by Gasteiger charge is -2.50. The molecule has 1 aromatic heterocycles. The Morgan fingerprint density at radius 2 is 1.86 bits per heavy atom. The van der Waals surface area contributed by atoms with Crippen molar-refractivity contribution in [3.8, 4) is 0 Å². The van der Waals surface area contributed by atoms with Crippen molar-refractivity contribution in [3.05, 3.63) is 22.4 Å². The molecule has 5 nitrogen and oxygen atoms in total. The van der Waals surface area contributed by atoms with Gasteiger partial charge in [0.05, 0.1) is 0 Å². The third-order valence-electron chi connectivity index (χ3n) is 6.64. The van der Waals surface area contributed by atoms with Gasteiger partial charge in [-0.1, -0.05) is 26.3 Å². The van der Waals surface area contributed by atoms with Crippen LogP contribution in [0, 0.1) is 0 Å². The fraction of sp³-hybridized carbons (Fsp3) is 0.773. The van der Waals surface area contributed by atoms with Gasteiger partial charge in [-0.2, -0.15) is 0 Å². The minimum Gasteiger partial charge on any atom is -0.356 e. The number of guanidine groups is 1. The molecule has 0 saturated carbocycles. The normalized spacial score (nSPS) is 22.2. The Morgan fingerprint density at radius 3 is 2.46 bits per heavy atom. The van der Waals surface area contributed by atoms with Crippen LogP contribution in [0.2, 0.25) is 0 Å². The maximum absolute atomic E-state index is 4.52. The van der Waals surface area contributed by atoms with Gasteiger partial charge in [-0.15, -0.1) is 11.3 Å². The lowest BCUT2D eigenvalue weighted by molar-refractivity contribution is 0.0173. The van der Waals surface area contributed by atoms with Gasteiger partial charge in [0.15, 0.2) is 5.96 Å². The van der Waals surface area contributed by atoms with Gasteiger partial charge >= 0.3 is 0 Å². The first-order chi connectivity index (χ1) is 13.5. The van der Waals surface area contributed by atoms with Crippen LogP contribution in [0.1, 0.15) is 50.8 Å². The molecule has 158 valence electrons. The lowest BCUT2D eigenvalue weighted by atomic mass is 9.84. The second-order valence-electron chi connectivity index (χ2n) is 9.22. The monoisotopic (exact) mass is 405 g/mol. The van der Waals surface area contributed by atoms with Crippen LogP contribution in [0.15, 0.2) is 22.5 Å². The average molecular weight is 406 g/mol. The fourth-order valence-corrected chi connectivity index (χ4v) is 5.38. The molecule has 2 saturated heterocycles. The highest BCUT2D eigenvalue weighted by Crippen LogP contribution is 2.31. The lowest BCUT2D eigenvalue weighted by Crippen LogP contribution is -2.62. The van der Waals surface area contributed by atoms with E-state index >= 15 is 0 Å². The van der Waals surface area contributed by atoms with Crippen LogP contribution in [0.5, 0.6) is 0 Å². The van der Waals surface area contributed by atoms with E-state index < -0.39 is 0 Å². The van der Waals surface area contributed by atoms with Gasteiger partial charge in [0.2, 0.25) is 0 Å². The molecule has 0 spiro atoms. The van der Waals surface area contributed by atoms with Crippen LogP contribution in [0.25, 0.3) is 0 Å². The van der Waals surface area contributed by atoms with E-state index in [1.165, 1.54) is 63.2 Å². The summed E-state index contributed by atoms with van der Waals surface area (Å²) in [6, 6.07) is 4.36. The number of aliphatic imine (C=N–C) groups is 1. The van der Waals surface area contributed by atoms with Crippen LogP contribution >= 0.6 is 11.3 Å². The average Bonchev–Trinajstić information content (AvgIpc) is 3.26. The number of hydrogen-bond acceptors (Lipinski definition) is 4. The Kier molecular flexibility index (Phi) is 7.40. The van der Waals surface area contributed by atoms with Crippen LogP contribution in [0.3, 0.4) is 0 Å². The van der Waals surface area contributed by atoms with Crippen molar-refractivity contribution in [1.29, 1.82) is 0 Å². The summed E-state index contributed by atoms with van der Waals surface area (Å²) in [6.45, 7) is 11.3. The molecule has 2 fully saturated rings. The fourth-order valence-electron chi connectivity index (χ4n) is 4.53. The second-order valence-corrected chi connectivity index (χ2v) is 10.2. The van der Waals surface area contributed by atoms with Gasteiger partial charge in [0, 0.05) is 36.0 Å². The number of nitrogens with one attached hydrogen (secondary N) is 2. The summed E-state index contributed by atoms with van der Waals surface area (Å²) in [6.07, 6.45) is 6.57. The van der Waals surface area contributed by atoms with Crippen molar-refractivity contribution in [1.82, 2.24) is 20.4 Å². The molecule has 2 N–H and O–H groups in total. The number of piperidine rings is 2. The molecule has 6 heteroatoms. The number of thiophene rings is 1. The molecule has 0 amide bonds. The molecule has 2 aliphatic heterocycles. The van der Waals surface area contributed by atoms with Crippen LogP contribution in [0.4, 0.5) is 0 Å². The van der Waals surface area contributed by atoms with Crippen LogP contribution in [-0.2, 0) is 5.41 Å². The first-order valence-corrected chi connectivity index (χ1v) is 11.8. The topological polar surface area (TPSA) is 42.9 Å². The molecular formula is C22H39N5S. The maximum Gasteiger partial charge on any atom is 0.191 e. The van der Waals surface area contributed by atoms with Crippen molar-refractivity contribution in [2.45, 2.75) is 56.9 Å². The molecule has 1 aromatic rings. The van der Waals surface area contributed by atoms with Crippen molar-refractivity contribution >= 4 is 17.3 Å². The summed E-state index contributed by atoms with van der Waals surface area (Å²) in [5, 5.41) is 9.43. The highest BCUT2D eigenvalue weighted by atomic mass is 32.1. The van der Waals surface area contributed by atoms with Crippen molar-refractivity contribution < 1.29 is 0 Å². The summed E-state index contributed by atoms with van der Waals surface area (Å²) >= 11 is 1.83. The summed E-state index contributed by atoms with van der Waals surface area (Å²) in [5.41, 5.74) is 0.373.